The third kappa shape index (κ3) is 4.10. The first-order valence-electron chi connectivity index (χ1n) is 6.30. The van der Waals surface area contributed by atoms with Crippen molar-refractivity contribution in [2.75, 3.05) is 11.9 Å². The first-order valence-corrected chi connectivity index (χ1v) is 7.18. The van der Waals surface area contributed by atoms with Gasteiger partial charge in [0.05, 0.1) is 5.38 Å². The molecule has 0 saturated heterocycles. The molecule has 1 heterocycles. The number of aromatic nitrogens is 1. The Labute approximate surface area is 117 Å². The molecule has 0 bridgehead atoms. The molecule has 0 spiro atoms. The molecule has 0 fully saturated rings. The van der Waals surface area contributed by atoms with Crippen molar-refractivity contribution in [2.24, 2.45) is 0 Å². The molecule has 0 amide bonds. The van der Waals surface area contributed by atoms with Crippen LogP contribution in [0.5, 0.6) is 5.88 Å². The molecule has 0 unspecified atom stereocenters. The fourth-order valence-electron chi connectivity index (χ4n) is 1.68. The minimum absolute atomic E-state index is 0.0701. The number of nitrogens with zero attached hydrogens (tertiary/aromatic N) is 1. The van der Waals surface area contributed by atoms with E-state index < -0.39 is 0 Å². The third-order valence-electron chi connectivity index (χ3n) is 2.78. The van der Waals surface area contributed by atoms with Gasteiger partial charge in [0.1, 0.15) is 0 Å². The molecule has 2 rings (SSSR count). The van der Waals surface area contributed by atoms with Crippen molar-refractivity contribution < 1.29 is 5.11 Å². The maximum Gasteiger partial charge on any atom is 0.223 e. The van der Waals surface area contributed by atoms with Gasteiger partial charge in [0.25, 0.3) is 0 Å². The van der Waals surface area contributed by atoms with Crippen LogP contribution in [0, 0.1) is 0 Å². The van der Waals surface area contributed by atoms with Gasteiger partial charge >= 0.3 is 0 Å². The monoisotopic (exact) mass is 274 g/mol. The van der Waals surface area contributed by atoms with Gasteiger partial charge in [0.15, 0.2) is 5.13 Å². The number of nitrogens with one attached hydrogen (secondary N) is 1. The van der Waals surface area contributed by atoms with Crippen molar-refractivity contribution in [3.8, 4) is 5.88 Å². The normalized spacial score (nSPS) is 11.3. The van der Waals surface area contributed by atoms with Gasteiger partial charge in [0.2, 0.25) is 5.88 Å². The number of hydrogen-bond donors (Lipinski definition) is 2. The van der Waals surface area contributed by atoms with Crippen LogP contribution >= 0.6 is 11.3 Å². The van der Waals surface area contributed by atoms with Gasteiger partial charge in [-0.25, -0.2) is 0 Å². The Morgan fingerprint density at radius 3 is 2.63 bits per heavy atom. The number of benzene rings is 1. The van der Waals surface area contributed by atoms with Gasteiger partial charge in [0, 0.05) is 6.54 Å². The van der Waals surface area contributed by atoms with E-state index >= 15 is 0 Å². The molecule has 4 heteroatoms. The van der Waals surface area contributed by atoms with Gasteiger partial charge in [-0.15, -0.1) is 11.3 Å². The molecular weight excluding hydrogens is 256 g/mol. The van der Waals surface area contributed by atoms with Crippen LogP contribution < -0.4 is 5.32 Å². The Hall–Kier alpha value is -1.81. The molecule has 0 aliphatic rings. The molecular formula is C15H18N2OS. The maximum atomic E-state index is 9.10. The highest BCUT2D eigenvalue weighted by molar-refractivity contribution is 7.13. The number of hydrogen-bond acceptors (Lipinski definition) is 4. The Bertz CT molecular complexity index is 544. The molecule has 1 aromatic carbocycles. The Kier molecular flexibility index (Phi) is 4.58. The summed E-state index contributed by atoms with van der Waals surface area (Å²) in [5.41, 5.74) is 2.54. The number of thiazole rings is 1. The van der Waals surface area contributed by atoms with Gasteiger partial charge in [-0.1, -0.05) is 50.3 Å². The van der Waals surface area contributed by atoms with Crippen molar-refractivity contribution in [2.45, 2.75) is 19.8 Å². The van der Waals surface area contributed by atoms with Crippen LogP contribution in [0.15, 0.2) is 35.7 Å². The molecule has 2 aromatic rings. The van der Waals surface area contributed by atoms with E-state index in [1.807, 2.05) is 6.08 Å². The van der Waals surface area contributed by atoms with Gasteiger partial charge in [-0.3, -0.25) is 0 Å². The first-order chi connectivity index (χ1) is 9.15. The molecule has 0 radical (unpaired) electrons. The lowest BCUT2D eigenvalue weighted by Crippen LogP contribution is -1.96. The van der Waals surface area contributed by atoms with E-state index in [9.17, 15) is 0 Å². The summed E-state index contributed by atoms with van der Waals surface area (Å²) >= 11 is 1.39. The van der Waals surface area contributed by atoms with Crippen LogP contribution in [0.3, 0.4) is 0 Å². The fraction of sp³-hybridized carbons (Fsp3) is 0.267. The van der Waals surface area contributed by atoms with Gasteiger partial charge in [-0.2, -0.15) is 4.98 Å². The van der Waals surface area contributed by atoms with Crippen molar-refractivity contribution in [3.63, 3.8) is 0 Å². The van der Waals surface area contributed by atoms with E-state index in [1.165, 1.54) is 22.5 Å². The van der Waals surface area contributed by atoms with E-state index in [2.05, 4.69) is 54.5 Å². The average molecular weight is 274 g/mol. The maximum absolute atomic E-state index is 9.10. The summed E-state index contributed by atoms with van der Waals surface area (Å²) in [6.45, 7) is 5.08. The Morgan fingerprint density at radius 1 is 1.32 bits per heavy atom. The average Bonchev–Trinajstić information content (AvgIpc) is 2.81. The minimum atomic E-state index is 0.0701. The molecule has 0 atom stereocenters. The van der Waals surface area contributed by atoms with Crippen LogP contribution in [0.2, 0.25) is 0 Å². The van der Waals surface area contributed by atoms with Gasteiger partial charge < -0.3 is 10.4 Å². The van der Waals surface area contributed by atoms with Crippen LogP contribution in [0.25, 0.3) is 6.08 Å². The second kappa shape index (κ2) is 6.38. The molecule has 0 saturated carbocycles. The van der Waals surface area contributed by atoms with Crippen molar-refractivity contribution in [1.29, 1.82) is 0 Å². The fourth-order valence-corrected chi connectivity index (χ4v) is 2.26. The Morgan fingerprint density at radius 2 is 2.05 bits per heavy atom. The smallest absolute Gasteiger partial charge is 0.223 e. The lowest BCUT2D eigenvalue weighted by molar-refractivity contribution is 0.458. The third-order valence-corrected chi connectivity index (χ3v) is 3.56. The van der Waals surface area contributed by atoms with E-state index in [0.717, 1.165) is 5.13 Å². The SMILES string of the molecule is CC(C)c1ccc(C=CCNc2nc(O)cs2)cc1. The minimum Gasteiger partial charge on any atom is -0.493 e. The predicted octanol–water partition coefficient (Wildman–Crippen LogP) is 4.10. The molecule has 3 nitrogen and oxygen atoms in total. The zero-order valence-corrected chi connectivity index (χ0v) is 11.9. The number of aromatic hydroxyl groups is 1. The first kappa shape index (κ1) is 13.6. The molecule has 0 aliphatic heterocycles. The Balaban J connectivity index is 1.85. The highest BCUT2D eigenvalue weighted by Crippen LogP contribution is 2.19. The summed E-state index contributed by atoms with van der Waals surface area (Å²) in [7, 11) is 0. The number of rotatable bonds is 5. The molecule has 100 valence electrons. The second-order valence-electron chi connectivity index (χ2n) is 4.62. The summed E-state index contributed by atoms with van der Waals surface area (Å²) in [5, 5.41) is 14.6. The lowest BCUT2D eigenvalue weighted by Gasteiger charge is -2.04. The molecule has 19 heavy (non-hydrogen) atoms. The van der Waals surface area contributed by atoms with Crippen LogP contribution in [0.1, 0.15) is 30.9 Å². The van der Waals surface area contributed by atoms with Crippen LogP contribution in [-0.2, 0) is 0 Å². The van der Waals surface area contributed by atoms with Crippen molar-refractivity contribution in [3.05, 3.63) is 46.8 Å². The molecule has 0 aliphatic carbocycles. The molecule has 1 aromatic heterocycles. The topological polar surface area (TPSA) is 45.2 Å². The standard InChI is InChI=1S/C15H18N2OS/c1-11(2)13-7-5-12(6-8-13)4-3-9-16-15-17-14(18)10-19-15/h3-8,10-11,18H,9H2,1-2H3,(H,16,17). The highest BCUT2D eigenvalue weighted by atomic mass is 32.1. The zero-order chi connectivity index (χ0) is 13.7. The second-order valence-corrected chi connectivity index (χ2v) is 5.47. The van der Waals surface area contributed by atoms with Gasteiger partial charge in [-0.05, 0) is 17.0 Å². The van der Waals surface area contributed by atoms with E-state index in [4.69, 9.17) is 5.11 Å². The summed E-state index contributed by atoms with van der Waals surface area (Å²) in [6, 6.07) is 8.58. The largest absolute Gasteiger partial charge is 0.493 e. The summed E-state index contributed by atoms with van der Waals surface area (Å²) < 4.78 is 0. The predicted molar refractivity (Wildman–Crippen MR) is 81.8 cm³/mol. The van der Waals surface area contributed by atoms with Crippen LogP contribution in [0.4, 0.5) is 5.13 Å². The summed E-state index contributed by atoms with van der Waals surface area (Å²) in [6.07, 6.45) is 4.12. The van der Waals surface area contributed by atoms with E-state index in [-0.39, 0.29) is 5.88 Å². The van der Waals surface area contributed by atoms with E-state index in [0.29, 0.717) is 12.5 Å². The molecule has 2 N–H and O–H groups in total. The van der Waals surface area contributed by atoms with E-state index in [1.54, 1.807) is 5.38 Å². The van der Waals surface area contributed by atoms with Crippen molar-refractivity contribution >= 4 is 22.5 Å². The van der Waals surface area contributed by atoms with Crippen LogP contribution in [-0.4, -0.2) is 16.6 Å². The highest BCUT2D eigenvalue weighted by Gasteiger charge is 1.98. The lowest BCUT2D eigenvalue weighted by atomic mass is 10.0. The zero-order valence-electron chi connectivity index (χ0n) is 11.1. The summed E-state index contributed by atoms with van der Waals surface area (Å²) in [5.74, 6) is 0.637. The quantitative estimate of drug-likeness (QED) is 0.863. The van der Waals surface area contributed by atoms with Crippen molar-refractivity contribution in [1.82, 2.24) is 4.98 Å². The summed E-state index contributed by atoms with van der Waals surface area (Å²) in [4.78, 5) is 3.92. The number of anilines is 1.